The fourth-order valence-electron chi connectivity index (χ4n) is 4.61. The van der Waals surface area contributed by atoms with Crippen molar-refractivity contribution in [3.05, 3.63) is 126 Å². The summed E-state index contributed by atoms with van der Waals surface area (Å²) in [5.41, 5.74) is 10.4. The van der Waals surface area contributed by atoms with E-state index in [9.17, 15) is 0 Å². The van der Waals surface area contributed by atoms with Gasteiger partial charge >= 0.3 is 0 Å². The molecule has 4 heterocycles. The van der Waals surface area contributed by atoms with Crippen LogP contribution in [0.1, 0.15) is 22.3 Å². The Morgan fingerprint density at radius 3 is 2.20 bits per heavy atom. The van der Waals surface area contributed by atoms with Crippen molar-refractivity contribution in [2.45, 2.75) is 27.7 Å². The molecule has 0 spiro atoms. The van der Waals surface area contributed by atoms with Crippen LogP contribution in [0.2, 0.25) is 0 Å². The summed E-state index contributed by atoms with van der Waals surface area (Å²) in [6.45, 7) is 8.27. The van der Waals surface area contributed by atoms with Gasteiger partial charge in [0.1, 0.15) is 5.58 Å². The summed E-state index contributed by atoms with van der Waals surface area (Å²) in [6, 6.07) is 29.0. The summed E-state index contributed by atoms with van der Waals surface area (Å²) < 4.78 is 6.28. The second kappa shape index (κ2) is 11.5. The Morgan fingerprint density at radius 2 is 1.45 bits per heavy atom. The van der Waals surface area contributed by atoms with Crippen LogP contribution in [-0.2, 0) is 20.1 Å². The van der Waals surface area contributed by atoms with Crippen LogP contribution < -0.4 is 0 Å². The van der Waals surface area contributed by atoms with Crippen LogP contribution >= 0.6 is 0 Å². The van der Waals surface area contributed by atoms with Gasteiger partial charge in [0.15, 0.2) is 0 Å². The zero-order chi connectivity index (χ0) is 26.9. The van der Waals surface area contributed by atoms with E-state index in [-0.39, 0.29) is 20.1 Å². The maximum absolute atomic E-state index is 6.28. The van der Waals surface area contributed by atoms with Crippen LogP contribution in [0.4, 0.5) is 0 Å². The number of hydrogen-bond donors (Lipinski definition) is 0. The largest absolute Gasteiger partial charge is 0.500 e. The van der Waals surface area contributed by atoms with E-state index in [1.807, 2.05) is 55.8 Å². The molecule has 5 heteroatoms. The molecule has 199 valence electrons. The molecule has 0 unspecified atom stereocenters. The molecule has 4 nitrogen and oxygen atoms in total. The molecule has 0 saturated heterocycles. The van der Waals surface area contributed by atoms with E-state index in [2.05, 4.69) is 84.3 Å². The van der Waals surface area contributed by atoms with Gasteiger partial charge in [0.05, 0.1) is 5.58 Å². The van der Waals surface area contributed by atoms with E-state index in [0.717, 1.165) is 60.8 Å². The second-order valence-electron chi connectivity index (χ2n) is 9.89. The third-order valence-corrected chi connectivity index (χ3v) is 7.00. The minimum atomic E-state index is 0. The number of benzene rings is 3. The summed E-state index contributed by atoms with van der Waals surface area (Å²) in [5, 5.41) is 4.33. The molecule has 0 saturated carbocycles. The van der Waals surface area contributed by atoms with Crippen LogP contribution in [0.15, 0.2) is 95.9 Å². The molecule has 0 bridgehead atoms. The fraction of sp³-hybridized carbons (Fsp3) is 0.114. The molecule has 40 heavy (non-hydrogen) atoms. The number of hydrogen-bond acceptors (Lipinski definition) is 4. The Bertz CT molecular complexity index is 1940. The molecule has 0 atom stereocenters. The van der Waals surface area contributed by atoms with Gasteiger partial charge in [-0.25, -0.2) is 0 Å². The van der Waals surface area contributed by atoms with Crippen molar-refractivity contribution in [3.63, 3.8) is 0 Å². The van der Waals surface area contributed by atoms with Crippen LogP contribution in [0.25, 0.3) is 55.2 Å². The molecule has 1 radical (unpaired) electrons. The molecular weight excluding hydrogens is 671 g/mol. The van der Waals surface area contributed by atoms with Gasteiger partial charge in [0.25, 0.3) is 0 Å². The van der Waals surface area contributed by atoms with Crippen molar-refractivity contribution in [2.75, 3.05) is 0 Å². The van der Waals surface area contributed by atoms with E-state index < -0.39 is 0 Å². The molecular formula is C35H27IrN3O-2. The summed E-state index contributed by atoms with van der Waals surface area (Å²) in [4.78, 5) is 13.1. The van der Waals surface area contributed by atoms with Gasteiger partial charge in [-0.2, -0.15) is 0 Å². The van der Waals surface area contributed by atoms with Gasteiger partial charge < -0.3 is 14.4 Å². The van der Waals surface area contributed by atoms with E-state index in [1.54, 1.807) is 6.20 Å². The first-order chi connectivity index (χ1) is 19.0. The molecule has 0 fully saturated rings. The average Bonchev–Trinajstić information content (AvgIpc) is 3.35. The number of pyridine rings is 3. The molecule has 0 amide bonds. The number of aromatic nitrogens is 3. The summed E-state index contributed by atoms with van der Waals surface area (Å²) in [6.07, 6.45) is 7.43. The fourth-order valence-corrected chi connectivity index (χ4v) is 4.61. The van der Waals surface area contributed by atoms with Crippen molar-refractivity contribution in [3.8, 4) is 22.5 Å². The Morgan fingerprint density at radius 1 is 0.650 bits per heavy atom. The second-order valence-corrected chi connectivity index (χ2v) is 9.89. The topological polar surface area (TPSA) is 51.8 Å². The normalized spacial score (nSPS) is 10.8. The van der Waals surface area contributed by atoms with Crippen molar-refractivity contribution in [1.29, 1.82) is 0 Å². The number of furan rings is 1. The van der Waals surface area contributed by atoms with Crippen molar-refractivity contribution in [1.82, 2.24) is 15.0 Å². The number of fused-ring (bicyclic) bond motifs is 5. The Hall–Kier alpha value is -4.18. The van der Waals surface area contributed by atoms with E-state index in [1.165, 1.54) is 16.7 Å². The molecule has 0 aliphatic heterocycles. The molecule has 3 aromatic carbocycles. The quantitative estimate of drug-likeness (QED) is 0.170. The monoisotopic (exact) mass is 698 g/mol. The minimum absolute atomic E-state index is 0. The van der Waals surface area contributed by atoms with Crippen molar-refractivity contribution < 1.29 is 24.5 Å². The predicted molar refractivity (Wildman–Crippen MR) is 159 cm³/mol. The third-order valence-electron chi connectivity index (χ3n) is 7.00. The third kappa shape index (κ3) is 5.31. The smallest absolute Gasteiger partial charge is 0.128 e. The Balaban J connectivity index is 0.000000175. The summed E-state index contributed by atoms with van der Waals surface area (Å²) in [5.74, 6) is 0. The van der Waals surface area contributed by atoms with Crippen LogP contribution in [0, 0.1) is 39.8 Å². The molecule has 7 rings (SSSR count). The first-order valence-electron chi connectivity index (χ1n) is 12.9. The molecule has 0 aliphatic rings. The van der Waals surface area contributed by atoms with Crippen LogP contribution in [0.5, 0.6) is 0 Å². The van der Waals surface area contributed by atoms with E-state index >= 15 is 0 Å². The van der Waals surface area contributed by atoms with Crippen molar-refractivity contribution >= 4 is 32.7 Å². The zero-order valence-corrected chi connectivity index (χ0v) is 25.1. The van der Waals surface area contributed by atoms with Crippen LogP contribution in [-0.4, -0.2) is 15.0 Å². The molecule has 4 aromatic heterocycles. The van der Waals surface area contributed by atoms with Gasteiger partial charge in [-0.1, -0.05) is 53.8 Å². The molecule has 0 N–H and O–H groups in total. The zero-order valence-electron chi connectivity index (χ0n) is 22.7. The first-order valence-corrected chi connectivity index (χ1v) is 12.9. The minimum Gasteiger partial charge on any atom is -0.500 e. The number of nitrogens with zero attached hydrogens (tertiary/aromatic N) is 3. The maximum atomic E-state index is 6.28. The van der Waals surface area contributed by atoms with E-state index in [0.29, 0.717) is 0 Å². The molecule has 7 aromatic rings. The predicted octanol–water partition coefficient (Wildman–Crippen LogP) is 8.78. The first kappa shape index (κ1) is 27.4. The van der Waals surface area contributed by atoms with E-state index in [4.69, 9.17) is 4.42 Å². The maximum Gasteiger partial charge on any atom is 0.128 e. The molecule has 0 aliphatic carbocycles. The van der Waals surface area contributed by atoms with Gasteiger partial charge in [-0.3, -0.25) is 4.98 Å². The van der Waals surface area contributed by atoms with Gasteiger partial charge in [0.2, 0.25) is 0 Å². The average molecular weight is 698 g/mol. The van der Waals surface area contributed by atoms with Crippen molar-refractivity contribution in [2.24, 2.45) is 0 Å². The Kier molecular flexibility index (Phi) is 7.88. The SMILES string of the molecule is Cc1c[c-]c(-c2cc(C)c(C)cn2)cc1.Cc1ccc(-c2[c-]ccc3c2oc2c4ccncc4ccc32)nc1.[Ir]. The van der Waals surface area contributed by atoms with Gasteiger partial charge in [0, 0.05) is 61.1 Å². The standard InChI is InChI=1S/C21H13N2O.C14H14N.Ir/c1-13-5-8-19(23-11-13)18-4-2-3-16-17-7-6-14-12-22-10-9-15(14)20(17)24-21(16)18;1-10-4-6-13(7-5-10)14-8-11(2)12(3)9-15-14;/h2-3,5-12H,1H3;4-6,8-9H,1-3H3;/q2*-1;. The summed E-state index contributed by atoms with van der Waals surface area (Å²) in [7, 11) is 0. The number of rotatable bonds is 2. The Labute approximate surface area is 247 Å². The van der Waals surface area contributed by atoms with Gasteiger partial charge in [-0.05, 0) is 49.4 Å². The summed E-state index contributed by atoms with van der Waals surface area (Å²) >= 11 is 0. The number of aryl methyl sites for hydroxylation is 4. The van der Waals surface area contributed by atoms with Crippen LogP contribution in [0.3, 0.4) is 0 Å². The van der Waals surface area contributed by atoms with Gasteiger partial charge in [-0.15, -0.1) is 53.6 Å².